The van der Waals surface area contributed by atoms with Crippen molar-refractivity contribution >= 4 is 17.8 Å². The molecule has 1 aliphatic heterocycles. The number of nitrogens with zero attached hydrogens (tertiary/aromatic N) is 3. The minimum Gasteiger partial charge on any atom is -0.344 e. The van der Waals surface area contributed by atoms with Crippen molar-refractivity contribution in [2.45, 2.75) is 69.9 Å². The highest BCUT2D eigenvalue weighted by molar-refractivity contribution is 6.09. The van der Waals surface area contributed by atoms with Crippen LogP contribution in [0.25, 0.3) is 11.3 Å². The van der Waals surface area contributed by atoms with E-state index in [1.165, 1.54) is 12.1 Å². The fourth-order valence-corrected chi connectivity index (χ4v) is 4.98. The van der Waals surface area contributed by atoms with Crippen LogP contribution >= 0.6 is 0 Å². The summed E-state index contributed by atoms with van der Waals surface area (Å²) in [6, 6.07) is 7.01. The van der Waals surface area contributed by atoms with Gasteiger partial charge in [0.05, 0.1) is 5.69 Å². The van der Waals surface area contributed by atoms with Crippen LogP contribution in [-0.4, -0.2) is 63.0 Å². The van der Waals surface area contributed by atoms with Gasteiger partial charge in [0.15, 0.2) is 0 Å². The number of benzene rings is 1. The number of aromatic amines is 1. The third kappa shape index (κ3) is 4.83. The molecule has 1 unspecified atom stereocenters. The molecule has 1 spiro atoms. The standard InChI is InChI=1S/C25H32FN5O3/c1-17(31-23(33)25(27-24(31)34)12-5-6-13-25)22(32)30(2)14-7-3-4-11-20-16-21(29-28-20)18-9-8-10-19(26)15-18/h8-10,15-17H,3-7,11-14H2,1-2H3,(H,27,34)(H,28,29). The number of aromatic nitrogens is 2. The number of likely N-dealkylation sites (N-methyl/N-ethyl adjacent to an activating group) is 1. The lowest BCUT2D eigenvalue weighted by Crippen LogP contribution is -2.50. The Morgan fingerprint density at radius 2 is 1.97 bits per heavy atom. The highest BCUT2D eigenvalue weighted by Gasteiger charge is 2.54. The fraction of sp³-hybridized carbons (Fsp3) is 0.520. The molecule has 1 aromatic heterocycles. The first-order chi connectivity index (χ1) is 16.3. The Hall–Kier alpha value is -3.23. The highest BCUT2D eigenvalue weighted by Crippen LogP contribution is 2.35. The van der Waals surface area contributed by atoms with E-state index >= 15 is 0 Å². The predicted molar refractivity (Wildman–Crippen MR) is 125 cm³/mol. The Bertz CT molecular complexity index is 1060. The van der Waals surface area contributed by atoms with E-state index < -0.39 is 17.6 Å². The molecular weight excluding hydrogens is 437 g/mol. The maximum Gasteiger partial charge on any atom is 0.325 e. The zero-order valence-electron chi connectivity index (χ0n) is 19.8. The van der Waals surface area contributed by atoms with Crippen LogP contribution in [0.2, 0.25) is 0 Å². The van der Waals surface area contributed by atoms with Crippen molar-refractivity contribution < 1.29 is 18.8 Å². The summed E-state index contributed by atoms with van der Waals surface area (Å²) in [5.74, 6) is -0.781. The summed E-state index contributed by atoms with van der Waals surface area (Å²) < 4.78 is 13.4. The molecule has 4 rings (SSSR count). The van der Waals surface area contributed by atoms with E-state index in [4.69, 9.17) is 0 Å². The molecule has 34 heavy (non-hydrogen) atoms. The summed E-state index contributed by atoms with van der Waals surface area (Å²) in [5, 5.41) is 10.1. The van der Waals surface area contributed by atoms with Crippen molar-refractivity contribution in [3.05, 3.63) is 41.8 Å². The summed E-state index contributed by atoms with van der Waals surface area (Å²) >= 11 is 0. The average molecular weight is 470 g/mol. The second-order valence-corrected chi connectivity index (χ2v) is 9.43. The summed E-state index contributed by atoms with van der Waals surface area (Å²) in [6.45, 7) is 2.17. The first kappa shape index (κ1) is 23.9. The van der Waals surface area contributed by atoms with Crippen LogP contribution in [0.3, 0.4) is 0 Å². The summed E-state index contributed by atoms with van der Waals surface area (Å²) in [4.78, 5) is 40.9. The van der Waals surface area contributed by atoms with Crippen LogP contribution in [-0.2, 0) is 16.0 Å². The lowest BCUT2D eigenvalue weighted by Gasteiger charge is -2.27. The van der Waals surface area contributed by atoms with Gasteiger partial charge in [0.2, 0.25) is 5.91 Å². The highest BCUT2D eigenvalue weighted by atomic mass is 19.1. The number of amides is 4. The van der Waals surface area contributed by atoms with Gasteiger partial charge in [-0.25, -0.2) is 14.1 Å². The molecule has 1 atom stereocenters. The van der Waals surface area contributed by atoms with Crippen LogP contribution in [0.4, 0.5) is 9.18 Å². The molecule has 2 heterocycles. The summed E-state index contributed by atoms with van der Waals surface area (Å²) in [7, 11) is 1.71. The minimum atomic E-state index is -0.816. The number of unbranched alkanes of at least 4 members (excludes halogenated alkanes) is 2. The molecule has 2 fully saturated rings. The van der Waals surface area contributed by atoms with E-state index in [1.54, 1.807) is 24.9 Å². The smallest absolute Gasteiger partial charge is 0.325 e. The number of aryl methyl sites for hydroxylation is 1. The van der Waals surface area contributed by atoms with Crippen LogP contribution in [0.1, 0.15) is 57.6 Å². The topological polar surface area (TPSA) is 98.4 Å². The van der Waals surface area contributed by atoms with Crippen LogP contribution < -0.4 is 5.32 Å². The number of imide groups is 1. The molecule has 4 amide bonds. The molecule has 1 aromatic carbocycles. The minimum absolute atomic E-state index is 0.230. The first-order valence-electron chi connectivity index (χ1n) is 12.0. The van der Waals surface area contributed by atoms with Gasteiger partial charge in [0.1, 0.15) is 17.4 Å². The van der Waals surface area contributed by atoms with Crippen LogP contribution in [0.15, 0.2) is 30.3 Å². The first-order valence-corrected chi connectivity index (χ1v) is 12.0. The van der Waals surface area contributed by atoms with Gasteiger partial charge in [-0.3, -0.25) is 14.7 Å². The average Bonchev–Trinajstić information content (AvgIpc) is 3.53. The molecule has 8 nitrogen and oxygen atoms in total. The Labute approximate surface area is 198 Å². The van der Waals surface area contributed by atoms with Gasteiger partial charge in [-0.15, -0.1) is 0 Å². The molecule has 182 valence electrons. The maximum atomic E-state index is 13.4. The molecule has 1 saturated carbocycles. The molecule has 2 N–H and O–H groups in total. The van der Waals surface area contributed by atoms with E-state index in [9.17, 15) is 18.8 Å². The Morgan fingerprint density at radius 3 is 2.71 bits per heavy atom. The predicted octanol–water partition coefficient (Wildman–Crippen LogP) is 3.64. The molecule has 1 saturated heterocycles. The van der Waals surface area contributed by atoms with Gasteiger partial charge in [-0.1, -0.05) is 31.4 Å². The maximum absolute atomic E-state index is 13.4. The monoisotopic (exact) mass is 469 g/mol. The number of hydrogen-bond acceptors (Lipinski definition) is 4. The second kappa shape index (κ2) is 9.95. The van der Waals surface area contributed by atoms with E-state index in [0.29, 0.717) is 25.1 Å². The molecule has 0 bridgehead atoms. The van der Waals surface area contributed by atoms with E-state index in [1.807, 2.05) is 12.1 Å². The number of carbonyl (C=O) groups is 3. The Balaban J connectivity index is 1.21. The van der Waals surface area contributed by atoms with Gasteiger partial charge in [0, 0.05) is 24.8 Å². The molecule has 1 aliphatic carbocycles. The third-order valence-corrected chi connectivity index (χ3v) is 6.96. The van der Waals surface area contributed by atoms with Crippen molar-refractivity contribution in [2.75, 3.05) is 13.6 Å². The lowest BCUT2D eigenvalue weighted by molar-refractivity contribution is -0.142. The van der Waals surface area contributed by atoms with Crippen molar-refractivity contribution in [3.63, 3.8) is 0 Å². The van der Waals surface area contributed by atoms with Crippen molar-refractivity contribution in [2.24, 2.45) is 0 Å². The summed E-state index contributed by atoms with van der Waals surface area (Å²) in [6.07, 6.45) is 6.55. The van der Waals surface area contributed by atoms with Gasteiger partial charge < -0.3 is 10.2 Å². The lowest BCUT2D eigenvalue weighted by atomic mass is 9.97. The molecule has 9 heteroatoms. The Kier molecular flexibility index (Phi) is 7.00. The van der Waals surface area contributed by atoms with Crippen LogP contribution in [0, 0.1) is 5.82 Å². The number of urea groups is 1. The van der Waals surface area contributed by atoms with E-state index in [-0.39, 0.29) is 17.6 Å². The largest absolute Gasteiger partial charge is 0.344 e. The number of hydrogen-bond donors (Lipinski definition) is 2. The number of H-pyrrole nitrogens is 1. The molecular formula is C25H32FN5O3. The molecule has 2 aliphatic rings. The SMILES string of the molecule is CC(C(=O)N(C)CCCCCc1cc(-c2cccc(F)c2)n[nH]1)N1C(=O)NC2(CCCC2)C1=O. The van der Waals surface area contributed by atoms with E-state index in [0.717, 1.165) is 54.7 Å². The molecule has 2 aromatic rings. The van der Waals surface area contributed by atoms with E-state index in [2.05, 4.69) is 15.5 Å². The van der Waals surface area contributed by atoms with Crippen LogP contribution in [0.5, 0.6) is 0 Å². The number of rotatable bonds is 9. The van der Waals surface area contributed by atoms with Gasteiger partial charge in [-0.2, -0.15) is 5.10 Å². The number of nitrogens with one attached hydrogen (secondary N) is 2. The van der Waals surface area contributed by atoms with Crippen molar-refractivity contribution in [1.82, 2.24) is 25.3 Å². The zero-order chi connectivity index (χ0) is 24.3. The van der Waals surface area contributed by atoms with Gasteiger partial charge in [0.25, 0.3) is 5.91 Å². The van der Waals surface area contributed by atoms with Crippen molar-refractivity contribution in [3.8, 4) is 11.3 Å². The van der Waals surface area contributed by atoms with Gasteiger partial charge in [-0.05, 0) is 57.2 Å². The number of halogens is 1. The fourth-order valence-electron chi connectivity index (χ4n) is 4.98. The molecule has 0 radical (unpaired) electrons. The quantitative estimate of drug-likeness (QED) is 0.433. The normalized spacial score (nSPS) is 17.9. The zero-order valence-corrected chi connectivity index (χ0v) is 19.8. The summed E-state index contributed by atoms with van der Waals surface area (Å²) in [5.41, 5.74) is 1.64. The van der Waals surface area contributed by atoms with Crippen molar-refractivity contribution in [1.29, 1.82) is 0 Å². The van der Waals surface area contributed by atoms with Gasteiger partial charge >= 0.3 is 6.03 Å². The Morgan fingerprint density at radius 1 is 1.21 bits per heavy atom. The number of carbonyl (C=O) groups excluding carboxylic acids is 3. The second-order valence-electron chi connectivity index (χ2n) is 9.43. The third-order valence-electron chi connectivity index (χ3n) is 6.96.